The second-order valence-corrected chi connectivity index (χ2v) is 3.93. The molecule has 0 saturated heterocycles. The molecule has 0 aliphatic heterocycles. The molecule has 0 aliphatic rings. The van der Waals surface area contributed by atoms with E-state index in [4.69, 9.17) is 0 Å². The van der Waals surface area contributed by atoms with E-state index in [-0.39, 0.29) is 0 Å². The van der Waals surface area contributed by atoms with Crippen molar-refractivity contribution in [1.82, 2.24) is 0 Å². The molecule has 0 saturated carbocycles. The van der Waals surface area contributed by atoms with Crippen molar-refractivity contribution in [3.63, 3.8) is 0 Å². The maximum absolute atomic E-state index is 13.3. The van der Waals surface area contributed by atoms with Crippen LogP contribution in [-0.4, -0.2) is 5.91 Å². The second-order valence-electron chi connectivity index (χ2n) is 3.93. The summed E-state index contributed by atoms with van der Waals surface area (Å²) in [5.74, 6) is -11.2. The van der Waals surface area contributed by atoms with Gasteiger partial charge in [0.25, 0.3) is 5.91 Å². The van der Waals surface area contributed by atoms with Crippen molar-refractivity contribution in [3.05, 3.63) is 64.7 Å². The predicted octanol–water partition coefficient (Wildman–Crippen LogP) is 3.77. The first-order chi connectivity index (χ1) is 9.81. The predicted molar refractivity (Wildman–Crippen MR) is 60.6 cm³/mol. The Morgan fingerprint density at radius 2 is 1.33 bits per heavy atom. The van der Waals surface area contributed by atoms with E-state index in [1.165, 1.54) is 0 Å². The Bertz CT molecular complexity index is 708. The summed E-state index contributed by atoms with van der Waals surface area (Å²) in [6.45, 7) is 0. The van der Waals surface area contributed by atoms with Gasteiger partial charge >= 0.3 is 0 Å². The molecular formula is C13H5F6NO. The molecule has 2 nitrogen and oxygen atoms in total. The van der Waals surface area contributed by atoms with E-state index in [0.29, 0.717) is 18.2 Å². The summed E-state index contributed by atoms with van der Waals surface area (Å²) in [5, 5.41) is 1.79. The second kappa shape index (κ2) is 5.47. The maximum Gasteiger partial charge on any atom is 0.255 e. The van der Waals surface area contributed by atoms with E-state index in [2.05, 4.69) is 0 Å². The van der Waals surface area contributed by atoms with Crippen LogP contribution in [0.5, 0.6) is 0 Å². The summed E-state index contributed by atoms with van der Waals surface area (Å²) in [6.07, 6.45) is 0. The highest BCUT2D eigenvalue weighted by atomic mass is 19.2. The van der Waals surface area contributed by atoms with Crippen molar-refractivity contribution in [2.45, 2.75) is 0 Å². The smallest absolute Gasteiger partial charge is 0.255 e. The summed E-state index contributed by atoms with van der Waals surface area (Å²) in [7, 11) is 0. The first-order valence-electron chi connectivity index (χ1n) is 5.40. The molecule has 0 aliphatic carbocycles. The lowest BCUT2D eigenvalue weighted by Crippen LogP contribution is -2.15. The zero-order chi connectivity index (χ0) is 15.7. The van der Waals surface area contributed by atoms with Crippen molar-refractivity contribution >= 4 is 11.6 Å². The third kappa shape index (κ3) is 2.83. The molecule has 21 heavy (non-hydrogen) atoms. The summed E-state index contributed by atoms with van der Waals surface area (Å²) in [6, 6.07) is 2.04. The van der Waals surface area contributed by atoms with E-state index < -0.39 is 52.1 Å². The number of carbonyl (C=O) groups excluding carboxylic acids is 1. The van der Waals surface area contributed by atoms with Crippen molar-refractivity contribution in [1.29, 1.82) is 0 Å². The van der Waals surface area contributed by atoms with Crippen LogP contribution in [0.4, 0.5) is 32.0 Å². The molecule has 0 heterocycles. The van der Waals surface area contributed by atoms with Crippen LogP contribution < -0.4 is 5.32 Å². The molecule has 0 spiro atoms. The normalized spacial score (nSPS) is 10.6. The molecule has 2 rings (SSSR count). The molecule has 0 aromatic heterocycles. The third-order valence-corrected chi connectivity index (χ3v) is 2.53. The lowest BCUT2D eigenvalue weighted by atomic mass is 10.2. The van der Waals surface area contributed by atoms with Gasteiger partial charge in [0.2, 0.25) is 0 Å². The molecule has 0 bridgehead atoms. The summed E-state index contributed by atoms with van der Waals surface area (Å²) < 4.78 is 77.6. The lowest BCUT2D eigenvalue weighted by Gasteiger charge is -2.08. The van der Waals surface area contributed by atoms with Crippen LogP contribution >= 0.6 is 0 Å². The molecular weight excluding hydrogens is 300 g/mol. The fourth-order valence-corrected chi connectivity index (χ4v) is 1.50. The van der Waals surface area contributed by atoms with Crippen LogP contribution in [0.15, 0.2) is 24.3 Å². The first kappa shape index (κ1) is 14.9. The number of hydrogen-bond donors (Lipinski definition) is 1. The van der Waals surface area contributed by atoms with E-state index in [0.717, 1.165) is 6.07 Å². The zero-order valence-electron chi connectivity index (χ0n) is 9.99. The average molecular weight is 305 g/mol. The van der Waals surface area contributed by atoms with E-state index in [1.807, 2.05) is 0 Å². The maximum atomic E-state index is 13.3. The fraction of sp³-hybridized carbons (Fsp3) is 0. The Balaban J connectivity index is 2.33. The number of rotatable bonds is 2. The molecule has 2 aromatic carbocycles. The van der Waals surface area contributed by atoms with Gasteiger partial charge in [-0.05, 0) is 24.3 Å². The highest BCUT2D eigenvalue weighted by Gasteiger charge is 2.18. The van der Waals surface area contributed by atoms with Gasteiger partial charge < -0.3 is 5.32 Å². The van der Waals surface area contributed by atoms with Crippen LogP contribution in [0.1, 0.15) is 10.4 Å². The third-order valence-electron chi connectivity index (χ3n) is 2.53. The van der Waals surface area contributed by atoms with Gasteiger partial charge in [-0.1, -0.05) is 0 Å². The van der Waals surface area contributed by atoms with E-state index >= 15 is 0 Å². The molecule has 0 fully saturated rings. The molecule has 0 atom stereocenters. The van der Waals surface area contributed by atoms with Gasteiger partial charge in [-0.2, -0.15) is 0 Å². The van der Waals surface area contributed by atoms with Gasteiger partial charge in [0.15, 0.2) is 34.9 Å². The minimum absolute atomic E-state index is 0.380. The topological polar surface area (TPSA) is 29.1 Å². The molecule has 8 heteroatoms. The molecule has 0 radical (unpaired) electrons. The minimum atomic E-state index is -1.82. The monoisotopic (exact) mass is 305 g/mol. The Kier molecular flexibility index (Phi) is 3.88. The molecule has 0 unspecified atom stereocenters. The number of amides is 1. The Labute approximate surface area is 114 Å². The van der Waals surface area contributed by atoms with Crippen molar-refractivity contribution in [2.75, 3.05) is 5.32 Å². The van der Waals surface area contributed by atoms with Gasteiger partial charge in [-0.3, -0.25) is 4.79 Å². The lowest BCUT2D eigenvalue weighted by molar-refractivity contribution is 0.102. The summed E-state index contributed by atoms with van der Waals surface area (Å²) >= 11 is 0. The first-order valence-corrected chi connectivity index (χ1v) is 5.40. The van der Waals surface area contributed by atoms with Crippen LogP contribution in [0.25, 0.3) is 0 Å². The van der Waals surface area contributed by atoms with Gasteiger partial charge in [0, 0.05) is 5.56 Å². The van der Waals surface area contributed by atoms with Gasteiger partial charge in [0.1, 0.15) is 0 Å². The van der Waals surface area contributed by atoms with Crippen LogP contribution in [0.3, 0.4) is 0 Å². The zero-order valence-corrected chi connectivity index (χ0v) is 9.99. The van der Waals surface area contributed by atoms with Crippen molar-refractivity contribution in [3.8, 4) is 0 Å². The SMILES string of the molecule is O=C(Nc1ccc(F)c(F)c1F)c1cc(F)c(F)c(F)c1. The summed E-state index contributed by atoms with van der Waals surface area (Å²) in [5.41, 5.74) is -1.39. The van der Waals surface area contributed by atoms with Gasteiger partial charge in [-0.25, -0.2) is 26.3 Å². The van der Waals surface area contributed by atoms with Gasteiger partial charge in [-0.15, -0.1) is 0 Å². The molecule has 2 aromatic rings. The number of halogens is 6. The number of nitrogens with one attached hydrogen (secondary N) is 1. The highest BCUT2D eigenvalue weighted by Crippen LogP contribution is 2.21. The Hall–Kier alpha value is -2.51. The quantitative estimate of drug-likeness (QED) is 0.664. The van der Waals surface area contributed by atoms with Crippen LogP contribution in [0.2, 0.25) is 0 Å². The van der Waals surface area contributed by atoms with Crippen molar-refractivity contribution in [2.24, 2.45) is 0 Å². The standard InChI is InChI=1S/C13H5F6NO/c14-6-1-2-9(12(19)11(6)18)20-13(21)5-3-7(15)10(17)8(16)4-5/h1-4H,(H,20,21). The largest absolute Gasteiger partial charge is 0.319 e. The van der Waals surface area contributed by atoms with E-state index in [9.17, 15) is 31.1 Å². The number of benzene rings is 2. The minimum Gasteiger partial charge on any atom is -0.319 e. The highest BCUT2D eigenvalue weighted by molar-refractivity contribution is 6.04. The Morgan fingerprint density at radius 3 is 1.90 bits per heavy atom. The fourth-order valence-electron chi connectivity index (χ4n) is 1.50. The number of anilines is 1. The van der Waals surface area contributed by atoms with E-state index in [1.54, 1.807) is 5.32 Å². The van der Waals surface area contributed by atoms with Crippen LogP contribution in [-0.2, 0) is 0 Å². The molecule has 1 amide bonds. The summed E-state index contributed by atoms with van der Waals surface area (Å²) in [4.78, 5) is 11.6. The number of hydrogen-bond acceptors (Lipinski definition) is 1. The average Bonchev–Trinajstić information content (AvgIpc) is 2.44. The van der Waals surface area contributed by atoms with Crippen LogP contribution in [0, 0.1) is 34.9 Å². The Morgan fingerprint density at radius 1 is 0.762 bits per heavy atom. The molecule has 1 N–H and O–H groups in total. The van der Waals surface area contributed by atoms with Gasteiger partial charge in [0.05, 0.1) is 5.69 Å². The van der Waals surface area contributed by atoms with Crippen molar-refractivity contribution < 1.29 is 31.1 Å². The number of carbonyl (C=O) groups is 1. The molecule has 110 valence electrons.